The molecule has 0 spiro atoms. The van der Waals surface area contributed by atoms with Crippen molar-refractivity contribution in [3.63, 3.8) is 0 Å². The van der Waals surface area contributed by atoms with E-state index in [0.29, 0.717) is 17.9 Å². The number of rotatable bonds is 16. The average Bonchev–Trinajstić information content (AvgIpc) is 2.82. The van der Waals surface area contributed by atoms with Gasteiger partial charge in [0.15, 0.2) is 0 Å². The molecule has 0 saturated carbocycles. The van der Waals surface area contributed by atoms with Crippen LogP contribution in [0, 0.1) is 17.0 Å². The van der Waals surface area contributed by atoms with Gasteiger partial charge in [-0.25, -0.2) is 0 Å². The summed E-state index contributed by atoms with van der Waals surface area (Å²) in [5.74, 6) is -0.812. The van der Waals surface area contributed by atoms with Crippen LogP contribution in [0.4, 0.5) is 22.7 Å². The second-order valence-corrected chi connectivity index (χ2v) is 9.08. The number of azo groups is 1. The third-order valence-electron chi connectivity index (χ3n) is 5.83. The first-order valence-corrected chi connectivity index (χ1v) is 12.6. The molecule has 190 valence electrons. The van der Waals surface area contributed by atoms with Gasteiger partial charge in [-0.2, -0.15) is 5.11 Å². The summed E-state index contributed by atoms with van der Waals surface area (Å²) in [7, 11) is 0. The molecule has 0 saturated heterocycles. The zero-order chi connectivity index (χ0) is 25.6. The zero-order valence-electron chi connectivity index (χ0n) is 20.6. The van der Waals surface area contributed by atoms with Crippen LogP contribution in [0.2, 0.25) is 5.02 Å². The molecule has 9 heteroatoms. The SMILES string of the molecule is CCCCCCCCCCN(CCC(=O)O)c1ccc(/N=N\c2ccc([N+](=O)[O-])cc2Cl)c(C)c1. The Labute approximate surface area is 212 Å². The zero-order valence-corrected chi connectivity index (χ0v) is 21.3. The molecule has 0 unspecified atom stereocenters. The Bertz CT molecular complexity index is 1010. The van der Waals surface area contributed by atoms with Crippen LogP contribution in [-0.2, 0) is 4.79 Å². The number of carbonyl (C=O) groups is 1. The molecular formula is C26H35ClN4O4. The standard InChI is InChI=1S/C26H35ClN4O4/c1-3-4-5-6-7-8-9-10-16-30(17-15-26(32)33)21-11-13-24(20(2)18-21)28-29-25-14-12-22(31(34)35)19-23(25)27/h11-14,18-19H,3-10,15-17H2,1-2H3,(H,32,33)/b29-28-. The number of anilines is 1. The van der Waals surface area contributed by atoms with Gasteiger partial charge in [0.05, 0.1) is 22.1 Å². The predicted octanol–water partition coefficient (Wildman–Crippen LogP) is 8.39. The Morgan fingerprint density at radius 1 is 0.971 bits per heavy atom. The molecule has 2 rings (SSSR count). The molecule has 0 fully saturated rings. The van der Waals surface area contributed by atoms with Crippen molar-refractivity contribution in [1.82, 2.24) is 0 Å². The number of nitro benzene ring substituents is 1. The minimum atomic E-state index is -0.812. The molecule has 0 heterocycles. The number of non-ortho nitro benzene ring substituents is 1. The first-order valence-electron chi connectivity index (χ1n) is 12.2. The van der Waals surface area contributed by atoms with Crippen molar-refractivity contribution >= 4 is 40.3 Å². The number of unbranched alkanes of at least 4 members (excludes halogenated alkanes) is 7. The van der Waals surface area contributed by atoms with Gasteiger partial charge in [-0.1, -0.05) is 63.5 Å². The largest absolute Gasteiger partial charge is 0.481 e. The maximum absolute atomic E-state index is 11.2. The summed E-state index contributed by atoms with van der Waals surface area (Å²) >= 11 is 6.10. The summed E-state index contributed by atoms with van der Waals surface area (Å²) < 4.78 is 0. The van der Waals surface area contributed by atoms with Crippen molar-refractivity contribution in [3.05, 3.63) is 57.1 Å². The van der Waals surface area contributed by atoms with E-state index in [1.54, 1.807) is 0 Å². The lowest BCUT2D eigenvalue weighted by molar-refractivity contribution is -0.384. The van der Waals surface area contributed by atoms with Crippen LogP contribution in [0.3, 0.4) is 0 Å². The highest BCUT2D eigenvalue weighted by Gasteiger charge is 2.12. The van der Waals surface area contributed by atoms with E-state index in [1.807, 2.05) is 25.1 Å². The van der Waals surface area contributed by atoms with Gasteiger partial charge in [0.25, 0.3) is 5.69 Å². The number of hydrogen-bond donors (Lipinski definition) is 1. The number of carboxylic acid groups (broad SMARTS) is 1. The van der Waals surface area contributed by atoms with Gasteiger partial charge in [0, 0.05) is 30.9 Å². The molecule has 0 amide bonds. The molecule has 35 heavy (non-hydrogen) atoms. The summed E-state index contributed by atoms with van der Waals surface area (Å²) in [5, 5.41) is 28.6. The lowest BCUT2D eigenvalue weighted by Gasteiger charge is -2.25. The Morgan fingerprint density at radius 2 is 1.60 bits per heavy atom. The second-order valence-electron chi connectivity index (χ2n) is 8.67. The van der Waals surface area contributed by atoms with E-state index >= 15 is 0 Å². The van der Waals surface area contributed by atoms with Crippen LogP contribution in [0.15, 0.2) is 46.6 Å². The first-order chi connectivity index (χ1) is 16.8. The predicted molar refractivity (Wildman–Crippen MR) is 141 cm³/mol. The van der Waals surface area contributed by atoms with Crippen molar-refractivity contribution < 1.29 is 14.8 Å². The van der Waals surface area contributed by atoms with Crippen LogP contribution in [0.5, 0.6) is 0 Å². The average molecular weight is 503 g/mol. The summed E-state index contributed by atoms with van der Waals surface area (Å²) in [5.41, 5.74) is 2.74. The lowest BCUT2D eigenvalue weighted by atomic mass is 10.1. The molecule has 0 atom stereocenters. The Morgan fingerprint density at radius 3 is 2.20 bits per heavy atom. The monoisotopic (exact) mass is 502 g/mol. The van der Waals surface area contributed by atoms with E-state index in [9.17, 15) is 14.9 Å². The van der Waals surface area contributed by atoms with E-state index in [4.69, 9.17) is 16.7 Å². The normalized spacial score (nSPS) is 11.2. The number of aryl methyl sites for hydroxylation is 1. The smallest absolute Gasteiger partial charge is 0.305 e. The van der Waals surface area contributed by atoms with Crippen molar-refractivity contribution in [2.24, 2.45) is 10.2 Å². The highest BCUT2D eigenvalue weighted by atomic mass is 35.5. The number of hydrogen-bond acceptors (Lipinski definition) is 6. The van der Waals surface area contributed by atoms with E-state index in [1.165, 1.54) is 56.7 Å². The minimum Gasteiger partial charge on any atom is -0.481 e. The Kier molecular flexibility index (Phi) is 12.2. The quantitative estimate of drug-likeness (QED) is 0.107. The molecule has 0 aromatic heterocycles. The van der Waals surface area contributed by atoms with Crippen molar-refractivity contribution in [1.29, 1.82) is 0 Å². The molecule has 1 N–H and O–H groups in total. The summed E-state index contributed by atoms with van der Waals surface area (Å²) in [4.78, 5) is 23.6. The van der Waals surface area contributed by atoms with Crippen molar-refractivity contribution in [3.8, 4) is 0 Å². The van der Waals surface area contributed by atoms with Crippen LogP contribution in [0.1, 0.15) is 70.3 Å². The fourth-order valence-corrected chi connectivity index (χ4v) is 4.00. The molecule has 0 aliphatic carbocycles. The van der Waals surface area contributed by atoms with Crippen LogP contribution < -0.4 is 4.90 Å². The minimum absolute atomic E-state index is 0.0795. The highest BCUT2D eigenvalue weighted by Crippen LogP contribution is 2.32. The number of carboxylic acids is 1. The molecule has 8 nitrogen and oxygen atoms in total. The van der Waals surface area contributed by atoms with E-state index in [2.05, 4.69) is 22.1 Å². The Balaban J connectivity index is 2.02. The third kappa shape index (κ3) is 10.0. The molecule has 2 aromatic carbocycles. The third-order valence-corrected chi connectivity index (χ3v) is 6.13. The molecule has 0 aliphatic rings. The van der Waals surface area contributed by atoms with E-state index in [0.717, 1.165) is 30.6 Å². The number of aliphatic carboxylic acids is 1. The highest BCUT2D eigenvalue weighted by molar-refractivity contribution is 6.33. The molecule has 0 aliphatic heterocycles. The van der Waals surface area contributed by atoms with Gasteiger partial charge in [0.2, 0.25) is 0 Å². The second kappa shape index (κ2) is 15.1. The molecule has 0 radical (unpaired) electrons. The maximum Gasteiger partial charge on any atom is 0.305 e. The fourth-order valence-electron chi connectivity index (χ4n) is 3.78. The summed E-state index contributed by atoms with van der Waals surface area (Å²) in [6, 6.07) is 9.79. The summed E-state index contributed by atoms with van der Waals surface area (Å²) in [6.45, 7) is 5.39. The number of halogens is 1. The van der Waals surface area contributed by atoms with Crippen LogP contribution in [0.25, 0.3) is 0 Å². The topological polar surface area (TPSA) is 108 Å². The van der Waals surface area contributed by atoms with Gasteiger partial charge >= 0.3 is 5.97 Å². The van der Waals surface area contributed by atoms with E-state index in [-0.39, 0.29) is 17.1 Å². The number of benzene rings is 2. The summed E-state index contributed by atoms with van der Waals surface area (Å²) in [6.07, 6.45) is 9.85. The van der Waals surface area contributed by atoms with E-state index < -0.39 is 10.9 Å². The van der Waals surface area contributed by atoms with Crippen LogP contribution in [-0.4, -0.2) is 29.1 Å². The van der Waals surface area contributed by atoms with Crippen LogP contribution >= 0.6 is 11.6 Å². The van der Waals surface area contributed by atoms with Gasteiger partial charge in [-0.15, -0.1) is 5.11 Å². The van der Waals surface area contributed by atoms with Crippen molar-refractivity contribution in [2.75, 3.05) is 18.0 Å². The maximum atomic E-state index is 11.2. The first kappa shape index (κ1) is 28.2. The molecular weight excluding hydrogens is 468 g/mol. The number of nitrogens with zero attached hydrogens (tertiary/aromatic N) is 4. The molecule has 2 aromatic rings. The van der Waals surface area contributed by atoms with Crippen molar-refractivity contribution in [2.45, 2.75) is 71.6 Å². The van der Waals surface area contributed by atoms with Gasteiger partial charge in [-0.3, -0.25) is 14.9 Å². The number of nitro groups is 1. The fraction of sp³-hybridized carbons (Fsp3) is 0.500. The van der Waals surface area contributed by atoms with Gasteiger partial charge in [0.1, 0.15) is 5.69 Å². The lowest BCUT2D eigenvalue weighted by Crippen LogP contribution is -2.27. The van der Waals surface area contributed by atoms with Gasteiger partial charge in [-0.05, 0) is 43.2 Å². The molecule has 0 bridgehead atoms. The van der Waals surface area contributed by atoms with Gasteiger partial charge < -0.3 is 10.0 Å². The Hall–Kier alpha value is -3.00.